The molecule has 0 spiro atoms. The Hall–Kier alpha value is -0.630. The molecule has 1 atom stereocenters. The van der Waals surface area contributed by atoms with Crippen molar-refractivity contribution in [2.24, 2.45) is 5.92 Å². The van der Waals surface area contributed by atoms with Crippen LogP contribution in [-0.4, -0.2) is 25.5 Å². The number of rotatable bonds is 5. The van der Waals surface area contributed by atoms with Gasteiger partial charge in [0.25, 0.3) is 0 Å². The monoisotopic (exact) mass is 369 g/mol. The van der Waals surface area contributed by atoms with Gasteiger partial charge in [-0.3, -0.25) is 4.79 Å². The standard InChI is InChI=1S/C11H13BrClNO4S/c1-6(2)10(11(15)16)14-19(17,18)7-3-4-8(12)9(13)5-7/h3-6,10,14H,1-2H3,(H,15,16)/t10-/m0/s1. The Balaban J connectivity index is 3.10. The first-order valence-corrected chi connectivity index (χ1v) is 8.00. The van der Waals surface area contributed by atoms with Gasteiger partial charge in [-0.05, 0) is 40.0 Å². The lowest BCUT2D eigenvalue weighted by Crippen LogP contribution is -2.44. The molecule has 0 aliphatic carbocycles. The third-order valence-electron chi connectivity index (χ3n) is 2.42. The third kappa shape index (κ3) is 4.17. The fraction of sp³-hybridized carbons (Fsp3) is 0.364. The maximum absolute atomic E-state index is 12.1. The van der Waals surface area contributed by atoms with Crippen LogP contribution in [0.3, 0.4) is 0 Å². The molecule has 0 radical (unpaired) electrons. The Morgan fingerprint density at radius 2 is 2.00 bits per heavy atom. The highest BCUT2D eigenvalue weighted by molar-refractivity contribution is 9.10. The molecule has 0 saturated heterocycles. The molecule has 0 aliphatic heterocycles. The van der Waals surface area contributed by atoms with Crippen LogP contribution >= 0.6 is 27.5 Å². The van der Waals surface area contributed by atoms with Crippen LogP contribution in [0.25, 0.3) is 0 Å². The van der Waals surface area contributed by atoms with E-state index < -0.39 is 22.0 Å². The number of nitrogens with one attached hydrogen (secondary N) is 1. The molecule has 0 saturated carbocycles. The number of carbonyl (C=O) groups is 1. The van der Waals surface area contributed by atoms with Crippen molar-refractivity contribution >= 4 is 43.5 Å². The highest BCUT2D eigenvalue weighted by Gasteiger charge is 2.28. The van der Waals surface area contributed by atoms with E-state index in [9.17, 15) is 13.2 Å². The van der Waals surface area contributed by atoms with E-state index in [2.05, 4.69) is 20.7 Å². The lowest BCUT2D eigenvalue weighted by atomic mass is 10.1. The predicted octanol–water partition coefficient (Wildman–Crippen LogP) is 2.49. The Bertz CT molecular complexity index is 588. The normalized spacial score (nSPS) is 13.5. The summed E-state index contributed by atoms with van der Waals surface area (Å²) in [4.78, 5) is 10.9. The molecule has 0 unspecified atom stereocenters. The zero-order valence-electron chi connectivity index (χ0n) is 10.2. The summed E-state index contributed by atoms with van der Waals surface area (Å²) < 4.78 is 26.8. The van der Waals surface area contributed by atoms with Crippen molar-refractivity contribution in [3.05, 3.63) is 27.7 Å². The highest BCUT2D eigenvalue weighted by Crippen LogP contribution is 2.25. The molecular formula is C11H13BrClNO4S. The number of hydrogen-bond donors (Lipinski definition) is 2. The molecule has 0 bridgehead atoms. The molecule has 2 N–H and O–H groups in total. The number of carboxylic acids is 1. The molecule has 0 amide bonds. The van der Waals surface area contributed by atoms with E-state index in [1.54, 1.807) is 13.8 Å². The minimum atomic E-state index is -3.92. The molecule has 0 fully saturated rings. The van der Waals surface area contributed by atoms with Gasteiger partial charge in [0.1, 0.15) is 6.04 Å². The fourth-order valence-corrected chi connectivity index (χ4v) is 3.21. The first kappa shape index (κ1) is 16.4. The van der Waals surface area contributed by atoms with Gasteiger partial charge in [0.2, 0.25) is 10.0 Å². The molecule has 0 heterocycles. The van der Waals surface area contributed by atoms with Gasteiger partial charge in [-0.25, -0.2) is 8.42 Å². The van der Waals surface area contributed by atoms with Gasteiger partial charge in [-0.1, -0.05) is 25.4 Å². The summed E-state index contributed by atoms with van der Waals surface area (Å²) in [7, 11) is -3.92. The Morgan fingerprint density at radius 1 is 1.42 bits per heavy atom. The molecule has 19 heavy (non-hydrogen) atoms. The first-order chi connectivity index (χ1) is 8.65. The van der Waals surface area contributed by atoms with Gasteiger partial charge < -0.3 is 5.11 Å². The van der Waals surface area contributed by atoms with Crippen LogP contribution in [0.4, 0.5) is 0 Å². The summed E-state index contributed by atoms with van der Waals surface area (Å²) in [5.74, 6) is -1.60. The first-order valence-electron chi connectivity index (χ1n) is 5.35. The maximum Gasteiger partial charge on any atom is 0.322 e. The van der Waals surface area contributed by atoms with Crippen LogP contribution in [0.1, 0.15) is 13.8 Å². The Kier molecular flexibility index (Phi) is 5.37. The summed E-state index contributed by atoms with van der Waals surface area (Å²) >= 11 is 8.98. The van der Waals surface area contributed by atoms with Crippen LogP contribution in [0.2, 0.25) is 5.02 Å². The lowest BCUT2D eigenvalue weighted by Gasteiger charge is -2.18. The largest absolute Gasteiger partial charge is 0.480 e. The third-order valence-corrected chi connectivity index (χ3v) is 5.09. The number of sulfonamides is 1. The van der Waals surface area contributed by atoms with Crippen LogP contribution < -0.4 is 4.72 Å². The number of carboxylic acid groups (broad SMARTS) is 1. The maximum atomic E-state index is 12.1. The van der Waals surface area contributed by atoms with Crippen molar-refractivity contribution in [2.45, 2.75) is 24.8 Å². The summed E-state index contributed by atoms with van der Waals surface area (Å²) in [6.07, 6.45) is 0. The molecule has 1 rings (SSSR count). The molecule has 5 nitrogen and oxygen atoms in total. The minimum Gasteiger partial charge on any atom is -0.480 e. The molecule has 106 valence electrons. The summed E-state index contributed by atoms with van der Waals surface area (Å²) in [6.45, 7) is 3.24. The van der Waals surface area contributed by atoms with Crippen molar-refractivity contribution in [3.8, 4) is 0 Å². The molecule has 8 heteroatoms. The number of halogens is 2. The zero-order valence-corrected chi connectivity index (χ0v) is 13.4. The Labute approximate surface area is 125 Å². The predicted molar refractivity (Wildman–Crippen MR) is 75.7 cm³/mol. The van der Waals surface area contributed by atoms with E-state index >= 15 is 0 Å². The number of benzene rings is 1. The van der Waals surface area contributed by atoms with Gasteiger partial charge in [0.05, 0.1) is 9.92 Å². The van der Waals surface area contributed by atoms with Gasteiger partial charge in [-0.2, -0.15) is 4.72 Å². The average molecular weight is 371 g/mol. The second kappa shape index (κ2) is 6.21. The van der Waals surface area contributed by atoms with Gasteiger partial charge >= 0.3 is 5.97 Å². The van der Waals surface area contributed by atoms with E-state index in [0.717, 1.165) is 0 Å². The summed E-state index contributed by atoms with van der Waals surface area (Å²) in [5.41, 5.74) is 0. The zero-order chi connectivity index (χ0) is 14.8. The van der Waals surface area contributed by atoms with E-state index in [1.807, 2.05) is 0 Å². The molecule has 0 aromatic heterocycles. The second-order valence-corrected chi connectivity index (χ2v) is 7.23. The van der Waals surface area contributed by atoms with Crippen molar-refractivity contribution in [2.75, 3.05) is 0 Å². The molecule has 1 aromatic carbocycles. The van der Waals surface area contributed by atoms with Gasteiger partial charge in [0, 0.05) is 4.47 Å². The topological polar surface area (TPSA) is 83.5 Å². The van der Waals surface area contributed by atoms with Crippen LogP contribution in [0.5, 0.6) is 0 Å². The Morgan fingerprint density at radius 3 is 2.42 bits per heavy atom. The van der Waals surface area contributed by atoms with Gasteiger partial charge in [0.15, 0.2) is 0 Å². The summed E-state index contributed by atoms with van der Waals surface area (Å²) in [6, 6.07) is 2.90. The van der Waals surface area contributed by atoms with E-state index in [0.29, 0.717) is 4.47 Å². The minimum absolute atomic E-state index is 0.0763. The molecular weight excluding hydrogens is 358 g/mol. The average Bonchev–Trinajstić information content (AvgIpc) is 2.28. The highest BCUT2D eigenvalue weighted by atomic mass is 79.9. The van der Waals surface area contributed by atoms with Gasteiger partial charge in [-0.15, -0.1) is 0 Å². The summed E-state index contributed by atoms with van der Waals surface area (Å²) in [5, 5.41) is 9.23. The van der Waals surface area contributed by atoms with Crippen LogP contribution in [0, 0.1) is 5.92 Å². The van der Waals surface area contributed by atoms with Crippen LogP contribution in [0.15, 0.2) is 27.6 Å². The second-order valence-electron chi connectivity index (χ2n) is 4.26. The van der Waals surface area contributed by atoms with Crippen LogP contribution in [-0.2, 0) is 14.8 Å². The van der Waals surface area contributed by atoms with Crippen molar-refractivity contribution in [1.29, 1.82) is 0 Å². The SMILES string of the molecule is CC(C)[C@H](NS(=O)(=O)c1ccc(Br)c(Cl)c1)C(=O)O. The lowest BCUT2D eigenvalue weighted by molar-refractivity contribution is -0.140. The van der Waals surface area contributed by atoms with E-state index in [1.165, 1.54) is 18.2 Å². The fourth-order valence-electron chi connectivity index (χ4n) is 1.35. The smallest absolute Gasteiger partial charge is 0.322 e. The number of hydrogen-bond acceptors (Lipinski definition) is 3. The van der Waals surface area contributed by atoms with E-state index in [4.69, 9.17) is 16.7 Å². The molecule has 0 aliphatic rings. The van der Waals surface area contributed by atoms with Crippen molar-refractivity contribution < 1.29 is 18.3 Å². The van der Waals surface area contributed by atoms with Crippen molar-refractivity contribution in [1.82, 2.24) is 4.72 Å². The van der Waals surface area contributed by atoms with E-state index in [-0.39, 0.29) is 15.8 Å². The quantitative estimate of drug-likeness (QED) is 0.834. The van der Waals surface area contributed by atoms with Crippen molar-refractivity contribution in [3.63, 3.8) is 0 Å². The molecule has 1 aromatic rings. The number of aliphatic carboxylic acids is 1.